The molecule has 1 aliphatic heterocycles. The van der Waals surface area contributed by atoms with E-state index in [1.165, 1.54) is 0 Å². The molecule has 6 nitrogen and oxygen atoms in total. The number of allylic oxidation sites excluding steroid dienone is 2. The van der Waals surface area contributed by atoms with Gasteiger partial charge in [-0.05, 0) is 67.3 Å². The van der Waals surface area contributed by atoms with Gasteiger partial charge in [-0.15, -0.1) is 0 Å². The lowest BCUT2D eigenvalue weighted by atomic mass is 9.77. The van der Waals surface area contributed by atoms with Crippen LogP contribution in [-0.4, -0.2) is 22.6 Å². The quantitative estimate of drug-likeness (QED) is 0.450. The summed E-state index contributed by atoms with van der Waals surface area (Å²) in [4.78, 5) is 0.258. The zero-order chi connectivity index (χ0) is 23.9. The van der Waals surface area contributed by atoms with Crippen LogP contribution in [0, 0.1) is 12.8 Å². The number of nitrogens with one attached hydrogen (secondary N) is 2. The van der Waals surface area contributed by atoms with Gasteiger partial charge in [-0.2, -0.15) is 0 Å². The zero-order valence-electron chi connectivity index (χ0n) is 19.4. The van der Waals surface area contributed by atoms with E-state index < -0.39 is 10.0 Å². The van der Waals surface area contributed by atoms with E-state index >= 15 is 0 Å². The summed E-state index contributed by atoms with van der Waals surface area (Å²) in [5.41, 5.74) is 4.61. The molecule has 2 aliphatic rings. The molecule has 7 heteroatoms. The number of sulfonamides is 1. The number of benzene rings is 3. The molecule has 34 heavy (non-hydrogen) atoms. The van der Waals surface area contributed by atoms with Crippen molar-refractivity contribution in [2.24, 2.45) is 5.92 Å². The molecule has 176 valence electrons. The maximum atomic E-state index is 13.1. The van der Waals surface area contributed by atoms with Crippen molar-refractivity contribution >= 4 is 21.4 Å². The van der Waals surface area contributed by atoms with Crippen LogP contribution in [0.4, 0.5) is 11.4 Å². The first-order valence-corrected chi connectivity index (χ1v) is 12.8. The van der Waals surface area contributed by atoms with Crippen molar-refractivity contribution in [2.45, 2.75) is 30.2 Å². The highest BCUT2D eigenvalue weighted by atomic mass is 32.2. The van der Waals surface area contributed by atoms with Gasteiger partial charge < -0.3 is 14.8 Å². The number of anilines is 2. The summed E-state index contributed by atoms with van der Waals surface area (Å²) in [5, 5.41) is 3.66. The topological polar surface area (TPSA) is 76.7 Å². The van der Waals surface area contributed by atoms with Gasteiger partial charge in [-0.3, -0.25) is 4.72 Å². The van der Waals surface area contributed by atoms with Crippen molar-refractivity contribution in [3.63, 3.8) is 0 Å². The Bertz CT molecular complexity index is 1350. The molecule has 3 aromatic rings. The van der Waals surface area contributed by atoms with E-state index in [4.69, 9.17) is 9.47 Å². The number of methoxy groups -OCH3 is 2. The van der Waals surface area contributed by atoms with E-state index in [0.29, 0.717) is 5.69 Å². The van der Waals surface area contributed by atoms with E-state index in [1.54, 1.807) is 38.5 Å². The van der Waals surface area contributed by atoms with Crippen molar-refractivity contribution in [1.29, 1.82) is 0 Å². The van der Waals surface area contributed by atoms with Crippen molar-refractivity contribution in [3.8, 4) is 11.5 Å². The monoisotopic (exact) mass is 476 g/mol. The Labute approximate surface area is 200 Å². The van der Waals surface area contributed by atoms with Gasteiger partial charge in [0.05, 0.1) is 25.2 Å². The number of fused-ring (bicyclic) bond motifs is 3. The largest absolute Gasteiger partial charge is 0.497 e. The second kappa shape index (κ2) is 8.72. The molecule has 0 bridgehead atoms. The lowest BCUT2D eigenvalue weighted by molar-refractivity contribution is 0.372. The molecule has 0 amide bonds. The molecule has 0 radical (unpaired) electrons. The van der Waals surface area contributed by atoms with E-state index in [-0.39, 0.29) is 22.8 Å². The molecule has 3 aromatic carbocycles. The van der Waals surface area contributed by atoms with Crippen LogP contribution in [0.3, 0.4) is 0 Å². The summed E-state index contributed by atoms with van der Waals surface area (Å²) < 4.78 is 40.0. The molecule has 0 fully saturated rings. The van der Waals surface area contributed by atoms with Gasteiger partial charge in [0.2, 0.25) is 0 Å². The van der Waals surface area contributed by atoms with Crippen LogP contribution in [0.2, 0.25) is 0 Å². The lowest BCUT2D eigenvalue weighted by Gasteiger charge is -2.38. The van der Waals surface area contributed by atoms with Gasteiger partial charge in [-0.25, -0.2) is 8.42 Å². The number of aryl methyl sites for hydroxylation is 1. The van der Waals surface area contributed by atoms with Crippen molar-refractivity contribution in [1.82, 2.24) is 0 Å². The molecule has 0 saturated heterocycles. The highest BCUT2D eigenvalue weighted by molar-refractivity contribution is 7.92. The highest BCUT2D eigenvalue weighted by Crippen LogP contribution is 2.51. The zero-order valence-corrected chi connectivity index (χ0v) is 20.2. The third kappa shape index (κ3) is 4.01. The van der Waals surface area contributed by atoms with Crippen LogP contribution in [-0.2, 0) is 10.0 Å². The minimum atomic E-state index is -3.71. The van der Waals surface area contributed by atoms with Gasteiger partial charge >= 0.3 is 0 Å². The Morgan fingerprint density at radius 3 is 2.47 bits per heavy atom. The second-order valence-corrected chi connectivity index (χ2v) is 10.5. The van der Waals surface area contributed by atoms with Crippen molar-refractivity contribution in [3.05, 3.63) is 89.5 Å². The third-order valence-corrected chi connectivity index (χ3v) is 8.10. The van der Waals surface area contributed by atoms with Gasteiger partial charge in [0, 0.05) is 28.9 Å². The first kappa shape index (κ1) is 22.3. The van der Waals surface area contributed by atoms with Crippen LogP contribution < -0.4 is 19.5 Å². The summed E-state index contributed by atoms with van der Waals surface area (Å²) in [5.74, 6) is 1.88. The maximum Gasteiger partial charge on any atom is 0.261 e. The fraction of sp³-hybridized carbons (Fsp3) is 0.259. The minimum absolute atomic E-state index is 0.0292. The molecular formula is C27H28N2O4S. The number of hydrogen-bond acceptors (Lipinski definition) is 5. The first-order valence-electron chi connectivity index (χ1n) is 11.3. The van der Waals surface area contributed by atoms with Crippen LogP contribution >= 0.6 is 0 Å². The van der Waals surface area contributed by atoms with Gasteiger partial charge in [0.25, 0.3) is 10.0 Å². The molecule has 1 heterocycles. The normalized spacial score (nSPS) is 20.7. The molecule has 0 aromatic heterocycles. The van der Waals surface area contributed by atoms with Gasteiger partial charge in [-0.1, -0.05) is 29.8 Å². The van der Waals surface area contributed by atoms with E-state index in [0.717, 1.165) is 40.3 Å². The molecule has 5 rings (SSSR count). The average Bonchev–Trinajstić information content (AvgIpc) is 3.34. The average molecular weight is 477 g/mol. The summed E-state index contributed by atoms with van der Waals surface area (Å²) in [6.45, 7) is 1.97. The molecule has 3 atom stereocenters. The molecule has 1 aliphatic carbocycles. The van der Waals surface area contributed by atoms with Crippen molar-refractivity contribution in [2.75, 3.05) is 24.3 Å². The smallest absolute Gasteiger partial charge is 0.261 e. The fourth-order valence-corrected chi connectivity index (χ4v) is 6.05. The van der Waals surface area contributed by atoms with Crippen LogP contribution in [0.5, 0.6) is 11.5 Å². The first-order chi connectivity index (χ1) is 16.4. The Hall–Kier alpha value is -3.45. The van der Waals surface area contributed by atoms with Crippen LogP contribution in [0.1, 0.15) is 35.1 Å². The molecule has 2 N–H and O–H groups in total. The lowest BCUT2D eigenvalue weighted by Crippen LogP contribution is -2.29. The third-order valence-electron chi connectivity index (χ3n) is 6.72. The number of ether oxygens (including phenoxy) is 2. The Morgan fingerprint density at radius 2 is 1.74 bits per heavy atom. The summed E-state index contributed by atoms with van der Waals surface area (Å²) in [6, 6.07) is 18.6. The van der Waals surface area contributed by atoms with E-state index in [9.17, 15) is 8.42 Å². The van der Waals surface area contributed by atoms with Crippen LogP contribution in [0.25, 0.3) is 0 Å². The Kier molecular flexibility index (Phi) is 5.73. The predicted octanol–water partition coefficient (Wildman–Crippen LogP) is 5.64. The highest BCUT2D eigenvalue weighted by Gasteiger charge is 2.39. The van der Waals surface area contributed by atoms with E-state index in [1.807, 2.05) is 43.3 Å². The molecular weight excluding hydrogens is 448 g/mol. The predicted molar refractivity (Wildman–Crippen MR) is 134 cm³/mol. The summed E-state index contributed by atoms with van der Waals surface area (Å²) >= 11 is 0. The van der Waals surface area contributed by atoms with Gasteiger partial charge in [0.1, 0.15) is 11.5 Å². The Balaban J connectivity index is 1.49. The number of hydrogen-bond donors (Lipinski definition) is 2. The maximum absolute atomic E-state index is 13.1. The standard InChI is InChI=1S/C27H28N2O4S/c1-17-7-9-18(10-8-17)29-34(30,31)20-12-14-25-24(16-20)21-5-4-6-22(21)27(28-25)23-13-11-19(32-2)15-26(23)33-3/h4-5,7-16,21-22,27-29H,6H2,1-3H3/t21-,22+,27-/m0/s1. The minimum Gasteiger partial charge on any atom is -0.497 e. The summed E-state index contributed by atoms with van der Waals surface area (Å²) in [7, 11) is -0.405. The SMILES string of the molecule is COc1ccc([C@H]2Nc3ccc(S(=O)(=O)Nc4ccc(C)cc4)cc3[C@H]3C=CC[C@H]32)c(OC)c1. The van der Waals surface area contributed by atoms with E-state index in [2.05, 4.69) is 22.2 Å². The fourth-order valence-electron chi connectivity index (χ4n) is 4.96. The molecule has 0 unspecified atom stereocenters. The molecule has 0 saturated carbocycles. The Morgan fingerprint density at radius 1 is 0.941 bits per heavy atom. The van der Waals surface area contributed by atoms with Gasteiger partial charge in [0.15, 0.2) is 0 Å². The summed E-state index contributed by atoms with van der Waals surface area (Å²) in [6.07, 6.45) is 5.27. The van der Waals surface area contributed by atoms with Crippen LogP contribution in [0.15, 0.2) is 77.7 Å². The second-order valence-electron chi connectivity index (χ2n) is 8.80. The number of rotatable bonds is 6. The van der Waals surface area contributed by atoms with Crippen molar-refractivity contribution < 1.29 is 17.9 Å². The molecule has 0 spiro atoms.